The minimum absolute atomic E-state index is 0.147. The molecule has 6 heteroatoms. The van der Waals surface area contributed by atoms with Gasteiger partial charge in [-0.05, 0) is 47.8 Å². The van der Waals surface area contributed by atoms with Gasteiger partial charge in [0, 0.05) is 18.3 Å². The van der Waals surface area contributed by atoms with Crippen LogP contribution in [0.4, 0.5) is 5.95 Å². The van der Waals surface area contributed by atoms with Gasteiger partial charge in [-0.2, -0.15) is 4.98 Å². The Hall–Kier alpha value is -1.14. The Morgan fingerprint density at radius 1 is 1.56 bits per heavy atom. The molecule has 0 aromatic carbocycles. The molecule has 0 aliphatic carbocycles. The Balaban J connectivity index is 2.29. The second-order valence-electron chi connectivity index (χ2n) is 4.57. The summed E-state index contributed by atoms with van der Waals surface area (Å²) in [4.78, 5) is 4.44. The molecule has 1 unspecified atom stereocenters. The van der Waals surface area contributed by atoms with E-state index in [1.54, 1.807) is 4.52 Å². The molecule has 0 saturated heterocycles. The number of hydrogen-bond acceptors (Lipinski definition) is 4. The number of rotatable bonds is 5. The first-order valence-corrected chi connectivity index (χ1v) is 6.77. The van der Waals surface area contributed by atoms with Gasteiger partial charge in [0.25, 0.3) is 0 Å². The van der Waals surface area contributed by atoms with Crippen LogP contribution in [-0.2, 0) is 0 Å². The van der Waals surface area contributed by atoms with E-state index in [0.717, 1.165) is 16.5 Å². The summed E-state index contributed by atoms with van der Waals surface area (Å²) in [7, 11) is 0. The Labute approximate surface area is 114 Å². The van der Waals surface area contributed by atoms with Crippen molar-refractivity contribution < 1.29 is 5.11 Å². The summed E-state index contributed by atoms with van der Waals surface area (Å²) in [6.45, 7) is 4.28. The predicted octanol–water partition coefficient (Wildman–Crippen LogP) is 2.45. The summed E-state index contributed by atoms with van der Waals surface area (Å²) in [5.41, 5.74) is 0.592. The van der Waals surface area contributed by atoms with Gasteiger partial charge >= 0.3 is 0 Å². The largest absolute Gasteiger partial charge is 0.396 e. The third kappa shape index (κ3) is 2.64. The third-order valence-electron chi connectivity index (χ3n) is 3.17. The lowest BCUT2D eigenvalue weighted by atomic mass is 9.95. The fraction of sp³-hybridized carbons (Fsp3) is 0.500. The number of nitrogens with one attached hydrogen (secondary N) is 1. The van der Waals surface area contributed by atoms with Crippen LogP contribution in [0.1, 0.15) is 26.7 Å². The first-order chi connectivity index (χ1) is 8.58. The van der Waals surface area contributed by atoms with Gasteiger partial charge in [-0.25, -0.2) is 4.52 Å². The van der Waals surface area contributed by atoms with Crippen LogP contribution < -0.4 is 5.32 Å². The molecule has 5 nitrogen and oxygen atoms in total. The molecule has 0 amide bonds. The van der Waals surface area contributed by atoms with Crippen LogP contribution in [0, 0.1) is 0 Å². The quantitative estimate of drug-likeness (QED) is 0.890. The summed E-state index contributed by atoms with van der Waals surface area (Å²) in [6, 6.07) is 3.84. The summed E-state index contributed by atoms with van der Waals surface area (Å²) >= 11 is 3.45. The second kappa shape index (κ2) is 5.24. The van der Waals surface area contributed by atoms with E-state index >= 15 is 0 Å². The third-order valence-corrected chi connectivity index (χ3v) is 3.79. The van der Waals surface area contributed by atoms with Crippen molar-refractivity contribution in [2.75, 3.05) is 11.9 Å². The fourth-order valence-corrected chi connectivity index (χ4v) is 2.19. The van der Waals surface area contributed by atoms with Gasteiger partial charge in [0.1, 0.15) is 0 Å². The van der Waals surface area contributed by atoms with Crippen LogP contribution in [-0.4, -0.2) is 31.9 Å². The number of aliphatic hydroxyl groups excluding tert-OH is 1. The van der Waals surface area contributed by atoms with Crippen molar-refractivity contribution in [3.05, 3.63) is 22.8 Å². The van der Waals surface area contributed by atoms with E-state index in [1.165, 1.54) is 0 Å². The Morgan fingerprint density at radius 3 is 2.94 bits per heavy atom. The normalized spacial score (nSPS) is 14.7. The molecular weight excluding hydrogens is 296 g/mol. The molecule has 0 bridgehead atoms. The fourth-order valence-electron chi connectivity index (χ4n) is 1.77. The van der Waals surface area contributed by atoms with Crippen molar-refractivity contribution in [3.63, 3.8) is 0 Å². The molecule has 0 spiro atoms. The number of fused-ring (bicyclic) bond motifs is 1. The van der Waals surface area contributed by atoms with Crippen molar-refractivity contribution in [2.45, 2.75) is 32.2 Å². The Kier molecular flexibility index (Phi) is 3.87. The Bertz CT molecular complexity index is 542. The zero-order valence-corrected chi connectivity index (χ0v) is 12.1. The zero-order valence-electron chi connectivity index (χ0n) is 10.5. The van der Waals surface area contributed by atoms with Gasteiger partial charge in [-0.3, -0.25) is 0 Å². The molecule has 2 heterocycles. The highest BCUT2D eigenvalue weighted by Crippen LogP contribution is 2.22. The highest BCUT2D eigenvalue weighted by atomic mass is 79.9. The Morgan fingerprint density at radius 2 is 2.33 bits per heavy atom. The lowest BCUT2D eigenvalue weighted by Gasteiger charge is -2.28. The van der Waals surface area contributed by atoms with Gasteiger partial charge in [0.2, 0.25) is 5.95 Å². The number of aromatic nitrogens is 3. The zero-order chi connectivity index (χ0) is 13.2. The number of nitrogens with zero attached hydrogens (tertiary/aromatic N) is 3. The molecule has 0 fully saturated rings. The number of halogens is 1. The van der Waals surface area contributed by atoms with Gasteiger partial charge in [-0.1, -0.05) is 6.92 Å². The number of anilines is 1. The SMILES string of the molecule is CCC(C)(CCO)Nc1nc2c(Br)cccn2n1. The van der Waals surface area contributed by atoms with Crippen molar-refractivity contribution in [1.82, 2.24) is 14.6 Å². The van der Waals surface area contributed by atoms with Crippen LogP contribution in [0.2, 0.25) is 0 Å². The predicted molar refractivity (Wildman–Crippen MR) is 74.7 cm³/mol. The van der Waals surface area contributed by atoms with Gasteiger partial charge in [0.05, 0.1) is 4.47 Å². The van der Waals surface area contributed by atoms with E-state index < -0.39 is 0 Å². The summed E-state index contributed by atoms with van der Waals surface area (Å²) in [6.07, 6.45) is 3.41. The summed E-state index contributed by atoms with van der Waals surface area (Å²) < 4.78 is 2.63. The van der Waals surface area contributed by atoms with Gasteiger partial charge in [-0.15, -0.1) is 5.10 Å². The number of aliphatic hydroxyl groups is 1. The molecule has 0 aliphatic rings. The highest BCUT2D eigenvalue weighted by molar-refractivity contribution is 9.10. The smallest absolute Gasteiger partial charge is 0.243 e. The monoisotopic (exact) mass is 312 g/mol. The minimum Gasteiger partial charge on any atom is -0.396 e. The number of pyridine rings is 1. The van der Waals surface area contributed by atoms with Gasteiger partial charge < -0.3 is 10.4 Å². The van der Waals surface area contributed by atoms with Gasteiger partial charge in [0.15, 0.2) is 5.65 Å². The van der Waals surface area contributed by atoms with E-state index in [0.29, 0.717) is 12.4 Å². The lowest BCUT2D eigenvalue weighted by molar-refractivity contribution is 0.251. The molecule has 18 heavy (non-hydrogen) atoms. The second-order valence-corrected chi connectivity index (χ2v) is 5.43. The highest BCUT2D eigenvalue weighted by Gasteiger charge is 2.23. The molecule has 98 valence electrons. The van der Waals surface area contributed by atoms with Crippen LogP contribution in [0.15, 0.2) is 22.8 Å². The summed E-state index contributed by atoms with van der Waals surface area (Å²) in [5.74, 6) is 0.583. The maximum atomic E-state index is 9.10. The first-order valence-electron chi connectivity index (χ1n) is 5.98. The van der Waals surface area contributed by atoms with E-state index in [1.807, 2.05) is 18.3 Å². The molecule has 1 atom stereocenters. The summed E-state index contributed by atoms with van der Waals surface area (Å²) in [5, 5.41) is 16.8. The standard InChI is InChI=1S/C12H17BrN4O/c1-3-12(2,6-8-18)15-11-14-10-9(13)5-4-7-17(10)16-11/h4-5,7,18H,3,6,8H2,1-2H3,(H,15,16). The molecule has 0 saturated carbocycles. The van der Waals surface area contributed by atoms with E-state index in [2.05, 4.69) is 45.2 Å². The van der Waals surface area contributed by atoms with E-state index in [-0.39, 0.29) is 12.1 Å². The minimum atomic E-state index is -0.188. The lowest BCUT2D eigenvalue weighted by Crippen LogP contribution is -2.35. The molecule has 2 aromatic rings. The molecule has 2 N–H and O–H groups in total. The van der Waals surface area contributed by atoms with E-state index in [4.69, 9.17) is 5.11 Å². The topological polar surface area (TPSA) is 62.5 Å². The average molecular weight is 313 g/mol. The molecule has 2 rings (SSSR count). The van der Waals surface area contributed by atoms with Crippen LogP contribution in [0.5, 0.6) is 0 Å². The van der Waals surface area contributed by atoms with Crippen LogP contribution in [0.3, 0.4) is 0 Å². The molecular formula is C12H17BrN4O. The van der Waals surface area contributed by atoms with Crippen molar-refractivity contribution >= 4 is 27.5 Å². The first kappa shape index (κ1) is 13.3. The number of hydrogen-bond donors (Lipinski definition) is 2. The molecule has 0 aliphatic heterocycles. The van der Waals surface area contributed by atoms with Crippen molar-refractivity contribution in [2.24, 2.45) is 0 Å². The maximum Gasteiger partial charge on any atom is 0.243 e. The van der Waals surface area contributed by atoms with Crippen molar-refractivity contribution in [3.8, 4) is 0 Å². The molecule has 0 radical (unpaired) electrons. The average Bonchev–Trinajstić information content (AvgIpc) is 2.73. The maximum absolute atomic E-state index is 9.10. The van der Waals surface area contributed by atoms with Crippen LogP contribution >= 0.6 is 15.9 Å². The molecule has 2 aromatic heterocycles. The van der Waals surface area contributed by atoms with E-state index in [9.17, 15) is 0 Å². The van der Waals surface area contributed by atoms with Crippen LogP contribution in [0.25, 0.3) is 5.65 Å². The van der Waals surface area contributed by atoms with Crippen molar-refractivity contribution in [1.29, 1.82) is 0 Å².